The smallest absolute Gasteiger partial charge is 0.339 e. The Bertz CT molecular complexity index is 481. The number of nitrogens with zero attached hydrogens (tertiary/aromatic N) is 4. The van der Waals surface area contributed by atoms with Crippen LogP contribution in [0.25, 0.3) is 10.5 Å². The lowest BCUT2D eigenvalue weighted by Crippen LogP contribution is -2.13. The average Bonchev–Trinajstić information content (AvgIpc) is 2.20. The lowest BCUT2D eigenvalue weighted by molar-refractivity contribution is 1.34. The van der Waals surface area contributed by atoms with Crippen LogP contribution in [0.3, 0.4) is 0 Å². The Kier molecular flexibility index (Phi) is 1.92. The number of allylic oxidation sites excluding steroid dienone is 8. The van der Waals surface area contributed by atoms with Gasteiger partial charge in [-0.25, -0.2) is 0 Å². The number of hydrogen-bond donors (Lipinski definition) is 0. The van der Waals surface area contributed by atoms with Crippen LogP contribution in [0, 0.1) is 5.39 Å². The first kappa shape index (κ1) is 8.32. The lowest BCUT2D eigenvalue weighted by atomic mass is 9.89. The summed E-state index contributed by atoms with van der Waals surface area (Å²) < 4.78 is 0. The van der Waals surface area contributed by atoms with E-state index >= 15 is 0 Å². The summed E-state index contributed by atoms with van der Waals surface area (Å²) in [5.41, 5.74) is 2.17. The SMILES string of the molecule is N#[N+]N=C1C=CC=C2C(=[N-])C=CC=C21. The van der Waals surface area contributed by atoms with Crippen LogP contribution in [-0.4, -0.2) is 11.4 Å². The Morgan fingerprint density at radius 1 is 1.14 bits per heavy atom. The molecule has 4 nitrogen and oxygen atoms in total. The van der Waals surface area contributed by atoms with E-state index in [4.69, 9.17) is 5.39 Å². The van der Waals surface area contributed by atoms with Crippen LogP contribution in [0.2, 0.25) is 0 Å². The van der Waals surface area contributed by atoms with Gasteiger partial charge in [0.15, 0.2) is 10.8 Å². The van der Waals surface area contributed by atoms with Crippen molar-refractivity contribution in [3.63, 3.8) is 0 Å². The molecule has 2 aliphatic rings. The summed E-state index contributed by atoms with van der Waals surface area (Å²) in [4.78, 5) is 0. The second-order valence-corrected chi connectivity index (χ2v) is 2.84. The standard InChI is InChI=1S/C10H6N4/c11-9-5-1-4-8-7(9)3-2-6-10(8)13-14-12/h1-6H. The van der Waals surface area contributed by atoms with Gasteiger partial charge < -0.3 is 5.41 Å². The first-order valence-electron chi connectivity index (χ1n) is 4.09. The molecule has 4 heteroatoms. The minimum absolute atomic E-state index is 0.192. The van der Waals surface area contributed by atoms with Crippen molar-refractivity contribution in [2.24, 2.45) is 5.10 Å². The molecule has 0 aliphatic heterocycles. The zero-order valence-electron chi connectivity index (χ0n) is 7.25. The van der Waals surface area contributed by atoms with Crippen LogP contribution in [0.5, 0.6) is 0 Å². The largest absolute Gasteiger partial charge is 0.803 e. The molecule has 0 aromatic heterocycles. The average molecular weight is 182 g/mol. The molecule has 0 radical (unpaired) electrons. The molecule has 2 aliphatic carbocycles. The van der Waals surface area contributed by atoms with Gasteiger partial charge in [0.25, 0.3) is 5.39 Å². The van der Waals surface area contributed by atoms with Crippen molar-refractivity contribution in [1.29, 1.82) is 5.39 Å². The Balaban J connectivity index is 2.54. The van der Waals surface area contributed by atoms with Crippen molar-refractivity contribution in [1.82, 2.24) is 0 Å². The molecular formula is C10H6N4. The fourth-order valence-electron chi connectivity index (χ4n) is 1.41. The highest BCUT2D eigenvalue weighted by Crippen LogP contribution is 2.22. The van der Waals surface area contributed by atoms with E-state index in [0.717, 1.165) is 5.57 Å². The van der Waals surface area contributed by atoms with Gasteiger partial charge in [0.1, 0.15) is 0 Å². The van der Waals surface area contributed by atoms with Gasteiger partial charge in [0.05, 0.1) is 0 Å². The lowest BCUT2D eigenvalue weighted by Gasteiger charge is -2.20. The fourth-order valence-corrected chi connectivity index (χ4v) is 1.41. The van der Waals surface area contributed by atoms with Gasteiger partial charge in [0.2, 0.25) is 0 Å². The first-order valence-corrected chi connectivity index (χ1v) is 4.09. The quantitative estimate of drug-likeness (QED) is 0.418. The fraction of sp³-hybridized carbons (Fsp3) is 0. The van der Waals surface area contributed by atoms with Gasteiger partial charge in [-0.2, -0.15) is 0 Å². The molecule has 14 heavy (non-hydrogen) atoms. The molecule has 0 atom stereocenters. The second kappa shape index (κ2) is 3.23. The van der Waals surface area contributed by atoms with E-state index in [1.54, 1.807) is 36.5 Å². The van der Waals surface area contributed by atoms with E-state index in [1.807, 2.05) is 0 Å². The maximum absolute atomic E-state index is 9.53. The van der Waals surface area contributed by atoms with Crippen LogP contribution < -0.4 is 0 Å². The molecule has 0 fully saturated rings. The summed E-state index contributed by atoms with van der Waals surface area (Å²) >= 11 is 0. The highest BCUT2D eigenvalue weighted by molar-refractivity contribution is 6.26. The van der Waals surface area contributed by atoms with Crippen LogP contribution in [0.4, 0.5) is 0 Å². The molecule has 0 saturated carbocycles. The number of fused-ring (bicyclic) bond motifs is 1. The second-order valence-electron chi connectivity index (χ2n) is 2.84. The van der Waals surface area contributed by atoms with Crippen molar-refractivity contribution in [3.8, 4) is 0 Å². The van der Waals surface area contributed by atoms with E-state index in [2.05, 4.69) is 10.2 Å². The number of diazo groups is 1. The highest BCUT2D eigenvalue weighted by atomic mass is 15.2. The van der Waals surface area contributed by atoms with E-state index in [0.29, 0.717) is 11.3 Å². The summed E-state index contributed by atoms with van der Waals surface area (Å²) in [6, 6.07) is 0. The van der Waals surface area contributed by atoms with Crippen LogP contribution >= 0.6 is 0 Å². The van der Waals surface area contributed by atoms with E-state index in [9.17, 15) is 5.41 Å². The van der Waals surface area contributed by atoms with E-state index in [-0.39, 0.29) is 5.71 Å². The van der Waals surface area contributed by atoms with Crippen molar-refractivity contribution in [2.75, 3.05) is 0 Å². The molecule has 0 aromatic carbocycles. The zero-order valence-corrected chi connectivity index (χ0v) is 7.25. The highest BCUT2D eigenvalue weighted by Gasteiger charge is 2.17. The molecule has 0 heterocycles. The molecule has 0 aromatic rings. The minimum Gasteiger partial charge on any atom is -0.803 e. The van der Waals surface area contributed by atoms with Gasteiger partial charge in [-0.15, -0.1) is 5.71 Å². The van der Waals surface area contributed by atoms with Crippen molar-refractivity contribution < 1.29 is 0 Å². The maximum atomic E-state index is 9.53. The molecule has 0 spiro atoms. The number of rotatable bonds is 0. The molecule has 0 unspecified atom stereocenters. The Morgan fingerprint density at radius 3 is 2.64 bits per heavy atom. The topological polar surface area (TPSA) is 62.8 Å². The van der Waals surface area contributed by atoms with Crippen molar-refractivity contribution in [3.05, 3.63) is 58.1 Å². The predicted molar refractivity (Wildman–Crippen MR) is 55.3 cm³/mol. The minimum atomic E-state index is 0.192. The van der Waals surface area contributed by atoms with Gasteiger partial charge in [-0.3, -0.25) is 0 Å². The van der Waals surface area contributed by atoms with Gasteiger partial charge >= 0.3 is 5.08 Å². The Labute approximate surface area is 80.8 Å². The van der Waals surface area contributed by atoms with Crippen molar-refractivity contribution in [2.45, 2.75) is 0 Å². The molecule has 0 N–H and O–H groups in total. The third kappa shape index (κ3) is 1.21. The molecule has 2 rings (SSSR count). The Hall–Kier alpha value is -2.28. The Morgan fingerprint density at radius 2 is 1.86 bits per heavy atom. The van der Waals surface area contributed by atoms with Gasteiger partial charge in [-0.1, -0.05) is 30.4 Å². The summed E-state index contributed by atoms with van der Waals surface area (Å²) in [5, 5.41) is 24.1. The summed E-state index contributed by atoms with van der Waals surface area (Å²) in [6.45, 7) is 0. The van der Waals surface area contributed by atoms with Gasteiger partial charge in [-0.05, 0) is 11.6 Å². The third-order valence-electron chi connectivity index (χ3n) is 2.03. The molecule has 0 saturated heterocycles. The zero-order chi connectivity index (χ0) is 9.97. The maximum Gasteiger partial charge on any atom is 0.339 e. The molecule has 0 bridgehead atoms. The van der Waals surface area contributed by atoms with E-state index < -0.39 is 0 Å². The molecule has 66 valence electrons. The normalized spacial score (nSPS) is 21.4. The molecular weight excluding hydrogens is 176 g/mol. The summed E-state index contributed by atoms with van der Waals surface area (Å²) in [7, 11) is 0. The number of hydrogen-bond acceptors (Lipinski definition) is 2. The van der Waals surface area contributed by atoms with Crippen LogP contribution in [-0.2, 0) is 0 Å². The molecule has 0 amide bonds. The van der Waals surface area contributed by atoms with Gasteiger partial charge in [0, 0.05) is 5.57 Å². The van der Waals surface area contributed by atoms with Crippen LogP contribution in [0.15, 0.2) is 52.7 Å². The predicted octanol–water partition coefficient (Wildman–Crippen LogP) is 2.20. The van der Waals surface area contributed by atoms with Crippen LogP contribution in [0.1, 0.15) is 0 Å². The van der Waals surface area contributed by atoms with Crippen molar-refractivity contribution >= 4 is 11.4 Å². The first-order chi connectivity index (χ1) is 6.83. The monoisotopic (exact) mass is 182 g/mol. The summed E-state index contributed by atoms with van der Waals surface area (Å²) in [5.74, 6) is 0. The third-order valence-corrected chi connectivity index (χ3v) is 2.03. The summed E-state index contributed by atoms with van der Waals surface area (Å²) in [6.07, 6.45) is 10.4. The van der Waals surface area contributed by atoms with E-state index in [1.165, 1.54) is 0 Å².